The first-order chi connectivity index (χ1) is 11.7. The summed E-state index contributed by atoms with van der Waals surface area (Å²) in [6, 6.07) is 13.4. The molecule has 0 aliphatic rings. The molecular formula is C18H18N4O2. The minimum absolute atomic E-state index is 0.0729. The fourth-order valence-corrected chi connectivity index (χ4v) is 2.28. The number of rotatable bonds is 6. The highest BCUT2D eigenvalue weighted by Crippen LogP contribution is 2.21. The molecule has 0 aliphatic carbocycles. The zero-order valence-corrected chi connectivity index (χ0v) is 13.4. The number of nitrogens with one attached hydrogen (secondary N) is 1. The predicted octanol–water partition coefficient (Wildman–Crippen LogP) is 2.69. The second-order valence-corrected chi connectivity index (χ2v) is 5.41. The van der Waals surface area contributed by atoms with Crippen LogP contribution in [0.2, 0.25) is 0 Å². The molecule has 0 fully saturated rings. The summed E-state index contributed by atoms with van der Waals surface area (Å²) in [6.45, 7) is 2.40. The Bertz CT molecular complexity index is 815. The van der Waals surface area contributed by atoms with Gasteiger partial charge in [0.25, 0.3) is 0 Å². The lowest BCUT2D eigenvalue weighted by atomic mass is 10.1. The lowest BCUT2D eigenvalue weighted by Gasteiger charge is -2.03. The van der Waals surface area contributed by atoms with E-state index in [9.17, 15) is 4.79 Å². The maximum Gasteiger partial charge on any atom is 0.247 e. The fourth-order valence-electron chi connectivity index (χ4n) is 2.28. The van der Waals surface area contributed by atoms with Gasteiger partial charge >= 0.3 is 0 Å². The van der Waals surface area contributed by atoms with Gasteiger partial charge in [0.15, 0.2) is 0 Å². The van der Waals surface area contributed by atoms with Crippen molar-refractivity contribution in [2.75, 3.05) is 0 Å². The van der Waals surface area contributed by atoms with Crippen LogP contribution in [0.5, 0.6) is 0 Å². The van der Waals surface area contributed by atoms with Crippen LogP contribution >= 0.6 is 0 Å². The van der Waals surface area contributed by atoms with E-state index in [-0.39, 0.29) is 5.91 Å². The average molecular weight is 322 g/mol. The Balaban J connectivity index is 1.52. The topological polar surface area (TPSA) is 80.9 Å². The molecule has 0 unspecified atom stereocenters. The normalized spacial score (nSPS) is 10.5. The standard InChI is InChI=1S/C18H18N4O2/c1-13-6-2-3-8-15(13)18-22-21-17(24-18)10-9-16(23)20-12-14-7-4-5-11-19-14/h2-8,11H,9-10,12H2,1H3,(H,20,23). The number of hydrogen-bond acceptors (Lipinski definition) is 5. The molecule has 24 heavy (non-hydrogen) atoms. The Labute approximate surface area is 140 Å². The van der Waals surface area contributed by atoms with E-state index in [1.165, 1.54) is 0 Å². The molecule has 0 spiro atoms. The van der Waals surface area contributed by atoms with Crippen LogP contribution in [0.15, 0.2) is 53.1 Å². The number of nitrogens with zero attached hydrogens (tertiary/aromatic N) is 3. The van der Waals surface area contributed by atoms with Crippen LogP contribution in [0.3, 0.4) is 0 Å². The average Bonchev–Trinajstić information content (AvgIpc) is 3.08. The third-order valence-electron chi connectivity index (χ3n) is 3.60. The molecule has 0 atom stereocenters. The number of hydrogen-bond donors (Lipinski definition) is 1. The summed E-state index contributed by atoms with van der Waals surface area (Å²) in [6.07, 6.45) is 2.40. The molecule has 0 aliphatic heterocycles. The summed E-state index contributed by atoms with van der Waals surface area (Å²) < 4.78 is 5.65. The van der Waals surface area contributed by atoms with Crippen LogP contribution in [-0.2, 0) is 17.8 Å². The molecule has 3 rings (SSSR count). The van der Waals surface area contributed by atoms with E-state index in [1.54, 1.807) is 6.20 Å². The van der Waals surface area contributed by atoms with Crippen molar-refractivity contribution in [1.29, 1.82) is 0 Å². The van der Waals surface area contributed by atoms with Gasteiger partial charge in [0, 0.05) is 24.6 Å². The Kier molecular flexibility index (Phi) is 4.96. The van der Waals surface area contributed by atoms with Gasteiger partial charge in [0.1, 0.15) is 0 Å². The van der Waals surface area contributed by atoms with Crippen molar-refractivity contribution in [3.05, 3.63) is 65.8 Å². The number of carbonyl (C=O) groups excluding carboxylic acids is 1. The highest BCUT2D eigenvalue weighted by atomic mass is 16.4. The molecule has 0 radical (unpaired) electrons. The van der Waals surface area contributed by atoms with E-state index in [2.05, 4.69) is 20.5 Å². The first-order valence-corrected chi connectivity index (χ1v) is 7.77. The number of aryl methyl sites for hydroxylation is 2. The first kappa shape index (κ1) is 15.9. The third-order valence-corrected chi connectivity index (χ3v) is 3.60. The monoisotopic (exact) mass is 322 g/mol. The molecule has 0 bridgehead atoms. The number of pyridine rings is 1. The van der Waals surface area contributed by atoms with Gasteiger partial charge in [-0.2, -0.15) is 0 Å². The maximum atomic E-state index is 11.9. The molecule has 2 aromatic heterocycles. The molecule has 3 aromatic rings. The molecule has 2 heterocycles. The van der Waals surface area contributed by atoms with Gasteiger partial charge in [-0.05, 0) is 30.7 Å². The van der Waals surface area contributed by atoms with Crippen molar-refractivity contribution in [2.24, 2.45) is 0 Å². The van der Waals surface area contributed by atoms with Crippen LogP contribution in [0.25, 0.3) is 11.5 Å². The Morgan fingerprint density at radius 1 is 1.12 bits per heavy atom. The summed E-state index contributed by atoms with van der Waals surface area (Å²) >= 11 is 0. The van der Waals surface area contributed by atoms with Gasteiger partial charge in [0.05, 0.1) is 12.2 Å². The van der Waals surface area contributed by atoms with Gasteiger partial charge < -0.3 is 9.73 Å². The second kappa shape index (κ2) is 7.50. The SMILES string of the molecule is Cc1ccccc1-c1nnc(CCC(=O)NCc2ccccn2)o1. The third kappa shape index (κ3) is 4.04. The van der Waals surface area contributed by atoms with E-state index in [1.807, 2.05) is 49.4 Å². The summed E-state index contributed by atoms with van der Waals surface area (Å²) in [7, 11) is 0. The Morgan fingerprint density at radius 3 is 2.75 bits per heavy atom. The molecule has 6 nitrogen and oxygen atoms in total. The summed E-state index contributed by atoms with van der Waals surface area (Å²) in [5.41, 5.74) is 2.81. The zero-order valence-electron chi connectivity index (χ0n) is 13.4. The number of benzene rings is 1. The van der Waals surface area contributed by atoms with E-state index in [0.29, 0.717) is 31.2 Å². The van der Waals surface area contributed by atoms with Crippen molar-refractivity contribution in [2.45, 2.75) is 26.3 Å². The molecular weight excluding hydrogens is 304 g/mol. The van der Waals surface area contributed by atoms with Gasteiger partial charge in [0.2, 0.25) is 17.7 Å². The van der Waals surface area contributed by atoms with Gasteiger partial charge in [-0.3, -0.25) is 9.78 Å². The van der Waals surface area contributed by atoms with Gasteiger partial charge in [-0.25, -0.2) is 0 Å². The molecule has 6 heteroatoms. The number of amides is 1. The largest absolute Gasteiger partial charge is 0.421 e. The molecule has 0 saturated carbocycles. The van der Waals surface area contributed by atoms with Crippen LogP contribution in [0.1, 0.15) is 23.6 Å². The number of aromatic nitrogens is 3. The summed E-state index contributed by atoms with van der Waals surface area (Å²) in [4.78, 5) is 16.1. The van der Waals surface area contributed by atoms with Gasteiger partial charge in [-0.1, -0.05) is 24.3 Å². The second-order valence-electron chi connectivity index (χ2n) is 5.41. The lowest BCUT2D eigenvalue weighted by Crippen LogP contribution is -2.23. The predicted molar refractivity (Wildman–Crippen MR) is 88.9 cm³/mol. The van der Waals surface area contributed by atoms with Crippen LogP contribution < -0.4 is 5.32 Å². The minimum atomic E-state index is -0.0729. The van der Waals surface area contributed by atoms with Crippen LogP contribution in [0.4, 0.5) is 0 Å². The minimum Gasteiger partial charge on any atom is -0.421 e. The van der Waals surface area contributed by atoms with Crippen LogP contribution in [0, 0.1) is 6.92 Å². The summed E-state index contributed by atoms with van der Waals surface area (Å²) in [5, 5.41) is 10.9. The van der Waals surface area contributed by atoms with Crippen molar-refractivity contribution in [1.82, 2.24) is 20.5 Å². The van der Waals surface area contributed by atoms with E-state index < -0.39 is 0 Å². The number of carbonyl (C=O) groups is 1. The fraction of sp³-hybridized carbons (Fsp3) is 0.222. The molecule has 0 saturated heterocycles. The highest BCUT2D eigenvalue weighted by Gasteiger charge is 2.12. The molecule has 1 amide bonds. The van der Waals surface area contributed by atoms with Crippen molar-refractivity contribution in [3.8, 4) is 11.5 Å². The van der Waals surface area contributed by atoms with E-state index >= 15 is 0 Å². The van der Waals surface area contributed by atoms with Crippen molar-refractivity contribution >= 4 is 5.91 Å². The van der Waals surface area contributed by atoms with Crippen molar-refractivity contribution in [3.63, 3.8) is 0 Å². The van der Waals surface area contributed by atoms with E-state index in [4.69, 9.17) is 4.42 Å². The lowest BCUT2D eigenvalue weighted by molar-refractivity contribution is -0.121. The van der Waals surface area contributed by atoms with Crippen LogP contribution in [-0.4, -0.2) is 21.1 Å². The smallest absolute Gasteiger partial charge is 0.247 e. The summed E-state index contributed by atoms with van der Waals surface area (Å²) in [5.74, 6) is 0.870. The Hall–Kier alpha value is -3.02. The molecule has 122 valence electrons. The Morgan fingerprint density at radius 2 is 1.96 bits per heavy atom. The first-order valence-electron chi connectivity index (χ1n) is 7.77. The highest BCUT2D eigenvalue weighted by molar-refractivity contribution is 5.75. The maximum absolute atomic E-state index is 11.9. The van der Waals surface area contributed by atoms with E-state index in [0.717, 1.165) is 16.8 Å². The zero-order chi connectivity index (χ0) is 16.8. The van der Waals surface area contributed by atoms with Gasteiger partial charge in [-0.15, -0.1) is 10.2 Å². The molecule has 1 N–H and O–H groups in total. The van der Waals surface area contributed by atoms with Crippen molar-refractivity contribution < 1.29 is 9.21 Å². The molecule has 1 aromatic carbocycles. The quantitative estimate of drug-likeness (QED) is 0.754.